The van der Waals surface area contributed by atoms with Crippen LogP contribution in [0.15, 0.2) is 0 Å². The van der Waals surface area contributed by atoms with Crippen LogP contribution in [0.2, 0.25) is 0 Å². The third-order valence-electron chi connectivity index (χ3n) is 5.55. The average molecular weight is 267 g/mol. The molecule has 0 aromatic heterocycles. The zero-order chi connectivity index (χ0) is 12.9. The molecule has 4 nitrogen and oxygen atoms in total. The van der Waals surface area contributed by atoms with Crippen molar-refractivity contribution in [1.29, 1.82) is 0 Å². The first-order chi connectivity index (χ1) is 9.24. The monoisotopic (exact) mass is 267 g/mol. The summed E-state index contributed by atoms with van der Waals surface area (Å²) in [5.41, 5.74) is 0. The lowest BCUT2D eigenvalue weighted by molar-refractivity contribution is -0.164. The SMILES string of the molecule is OC1CC2CCC(C1)N2CC1COC2(CCCC2)O1. The van der Waals surface area contributed by atoms with E-state index in [9.17, 15) is 5.11 Å². The molecule has 108 valence electrons. The van der Waals surface area contributed by atoms with Gasteiger partial charge in [0.15, 0.2) is 5.79 Å². The largest absolute Gasteiger partial charge is 0.393 e. The average Bonchev–Trinajstić information content (AvgIpc) is 3.05. The van der Waals surface area contributed by atoms with Crippen LogP contribution >= 0.6 is 0 Å². The molecule has 3 aliphatic heterocycles. The van der Waals surface area contributed by atoms with E-state index in [0.717, 1.165) is 38.8 Å². The lowest BCUT2D eigenvalue weighted by Crippen LogP contribution is -2.48. The Bertz CT molecular complexity index is 328. The smallest absolute Gasteiger partial charge is 0.168 e. The van der Waals surface area contributed by atoms with Gasteiger partial charge in [0.2, 0.25) is 0 Å². The highest BCUT2D eigenvalue weighted by molar-refractivity contribution is 4.97. The maximum atomic E-state index is 9.85. The third kappa shape index (κ3) is 2.23. The number of hydrogen-bond acceptors (Lipinski definition) is 4. The minimum atomic E-state index is -0.223. The summed E-state index contributed by atoms with van der Waals surface area (Å²) in [4.78, 5) is 2.59. The highest BCUT2D eigenvalue weighted by Gasteiger charge is 2.46. The van der Waals surface area contributed by atoms with E-state index in [0.29, 0.717) is 12.1 Å². The fourth-order valence-corrected chi connectivity index (χ4v) is 4.66. The fraction of sp³-hybridized carbons (Fsp3) is 1.00. The van der Waals surface area contributed by atoms with Crippen LogP contribution < -0.4 is 0 Å². The van der Waals surface area contributed by atoms with E-state index in [4.69, 9.17) is 9.47 Å². The van der Waals surface area contributed by atoms with Gasteiger partial charge >= 0.3 is 0 Å². The Morgan fingerprint density at radius 1 is 1.11 bits per heavy atom. The van der Waals surface area contributed by atoms with E-state index < -0.39 is 0 Å². The number of nitrogens with zero attached hydrogens (tertiary/aromatic N) is 1. The molecule has 1 N–H and O–H groups in total. The summed E-state index contributed by atoms with van der Waals surface area (Å²) in [6, 6.07) is 1.16. The van der Waals surface area contributed by atoms with Crippen LogP contribution in [0, 0.1) is 0 Å². The number of rotatable bonds is 2. The lowest BCUT2D eigenvalue weighted by Gasteiger charge is -2.38. The van der Waals surface area contributed by atoms with Crippen molar-refractivity contribution >= 4 is 0 Å². The summed E-state index contributed by atoms with van der Waals surface area (Å²) in [6.07, 6.45) is 9.23. The Morgan fingerprint density at radius 3 is 2.47 bits per heavy atom. The first kappa shape index (κ1) is 12.6. The molecule has 0 radical (unpaired) electrons. The summed E-state index contributed by atoms with van der Waals surface area (Å²) in [5.74, 6) is -0.223. The molecule has 0 aromatic rings. The Kier molecular flexibility index (Phi) is 3.10. The molecule has 4 rings (SSSR count). The second-order valence-electron chi connectivity index (χ2n) is 6.88. The van der Waals surface area contributed by atoms with Crippen molar-refractivity contribution in [1.82, 2.24) is 4.90 Å². The molecule has 4 heteroatoms. The zero-order valence-corrected chi connectivity index (χ0v) is 11.6. The van der Waals surface area contributed by atoms with Gasteiger partial charge in [-0.15, -0.1) is 0 Å². The molecule has 1 saturated carbocycles. The molecule has 1 aliphatic carbocycles. The van der Waals surface area contributed by atoms with Crippen LogP contribution in [-0.4, -0.2) is 53.2 Å². The maximum absolute atomic E-state index is 9.85. The maximum Gasteiger partial charge on any atom is 0.168 e. The van der Waals surface area contributed by atoms with Crippen LogP contribution in [0.25, 0.3) is 0 Å². The van der Waals surface area contributed by atoms with Gasteiger partial charge in [-0.3, -0.25) is 4.90 Å². The highest BCUT2D eigenvalue weighted by atomic mass is 16.7. The Hall–Kier alpha value is -0.160. The second-order valence-corrected chi connectivity index (χ2v) is 6.88. The van der Waals surface area contributed by atoms with E-state index in [2.05, 4.69) is 4.90 Å². The summed E-state index contributed by atoms with van der Waals surface area (Å²) >= 11 is 0. The van der Waals surface area contributed by atoms with E-state index in [1.165, 1.54) is 25.7 Å². The quantitative estimate of drug-likeness (QED) is 0.826. The summed E-state index contributed by atoms with van der Waals surface area (Å²) in [6.45, 7) is 1.77. The molecule has 0 amide bonds. The molecule has 3 unspecified atom stereocenters. The van der Waals surface area contributed by atoms with Gasteiger partial charge in [-0.2, -0.15) is 0 Å². The Balaban J connectivity index is 1.38. The van der Waals surface area contributed by atoms with Crippen molar-refractivity contribution in [3.63, 3.8) is 0 Å². The molecule has 3 saturated heterocycles. The predicted molar refractivity (Wildman–Crippen MR) is 70.8 cm³/mol. The summed E-state index contributed by atoms with van der Waals surface area (Å²) in [5, 5.41) is 9.85. The van der Waals surface area contributed by atoms with Crippen molar-refractivity contribution in [2.75, 3.05) is 13.2 Å². The molecule has 3 heterocycles. The van der Waals surface area contributed by atoms with Crippen LogP contribution in [0.1, 0.15) is 51.4 Å². The Labute approximate surface area is 115 Å². The first-order valence-electron chi connectivity index (χ1n) is 8.00. The van der Waals surface area contributed by atoms with E-state index in [1.807, 2.05) is 0 Å². The molecule has 1 spiro atoms. The predicted octanol–water partition coefficient (Wildman–Crippen LogP) is 1.66. The number of aliphatic hydroxyl groups is 1. The van der Waals surface area contributed by atoms with Crippen molar-refractivity contribution in [2.45, 2.75) is 81.4 Å². The molecule has 2 bridgehead atoms. The standard InChI is InChI=1S/C15H25NO3/c17-13-7-11-3-4-12(8-13)16(11)9-14-10-18-15(19-14)5-1-2-6-15/h11-14,17H,1-10H2. The number of aliphatic hydroxyl groups excluding tert-OH is 1. The number of ether oxygens (including phenoxy) is 2. The zero-order valence-electron chi connectivity index (χ0n) is 11.6. The molecule has 19 heavy (non-hydrogen) atoms. The summed E-state index contributed by atoms with van der Waals surface area (Å²) < 4.78 is 12.2. The molecule has 3 atom stereocenters. The van der Waals surface area contributed by atoms with Gasteiger partial charge in [0.05, 0.1) is 18.8 Å². The molecule has 0 aromatic carbocycles. The van der Waals surface area contributed by atoms with Crippen molar-refractivity contribution in [2.24, 2.45) is 0 Å². The van der Waals surface area contributed by atoms with Crippen LogP contribution in [0.5, 0.6) is 0 Å². The third-order valence-corrected chi connectivity index (χ3v) is 5.55. The molecule has 4 fully saturated rings. The Morgan fingerprint density at radius 2 is 1.79 bits per heavy atom. The second kappa shape index (κ2) is 4.69. The van der Waals surface area contributed by atoms with Crippen LogP contribution in [0.4, 0.5) is 0 Å². The number of fused-ring (bicyclic) bond motifs is 2. The van der Waals surface area contributed by atoms with Gasteiger partial charge in [0.1, 0.15) is 0 Å². The van der Waals surface area contributed by atoms with Gasteiger partial charge < -0.3 is 14.6 Å². The lowest BCUT2D eigenvalue weighted by atomic mass is 9.99. The minimum Gasteiger partial charge on any atom is -0.393 e. The fourth-order valence-electron chi connectivity index (χ4n) is 4.66. The van der Waals surface area contributed by atoms with Gasteiger partial charge in [-0.05, 0) is 38.5 Å². The van der Waals surface area contributed by atoms with Gasteiger partial charge in [0.25, 0.3) is 0 Å². The summed E-state index contributed by atoms with van der Waals surface area (Å²) in [7, 11) is 0. The topological polar surface area (TPSA) is 41.9 Å². The molecular formula is C15H25NO3. The normalized spacial score (nSPS) is 45.3. The first-order valence-corrected chi connectivity index (χ1v) is 8.00. The van der Waals surface area contributed by atoms with Crippen molar-refractivity contribution in [3.05, 3.63) is 0 Å². The van der Waals surface area contributed by atoms with Crippen molar-refractivity contribution in [3.8, 4) is 0 Å². The number of piperidine rings is 1. The number of hydrogen-bond donors (Lipinski definition) is 1. The highest BCUT2D eigenvalue weighted by Crippen LogP contribution is 2.41. The molecule has 4 aliphatic rings. The van der Waals surface area contributed by atoms with Crippen LogP contribution in [-0.2, 0) is 9.47 Å². The van der Waals surface area contributed by atoms with E-state index in [-0.39, 0.29) is 18.0 Å². The minimum absolute atomic E-state index is 0.0735. The van der Waals surface area contributed by atoms with E-state index >= 15 is 0 Å². The van der Waals surface area contributed by atoms with Crippen molar-refractivity contribution < 1.29 is 14.6 Å². The van der Waals surface area contributed by atoms with Gasteiger partial charge in [-0.1, -0.05) is 0 Å². The van der Waals surface area contributed by atoms with E-state index in [1.54, 1.807) is 0 Å². The van der Waals surface area contributed by atoms with Gasteiger partial charge in [0, 0.05) is 31.5 Å². The molecular weight excluding hydrogens is 242 g/mol. The van der Waals surface area contributed by atoms with Gasteiger partial charge in [-0.25, -0.2) is 0 Å². The van der Waals surface area contributed by atoms with Crippen LogP contribution in [0.3, 0.4) is 0 Å².